The maximum atomic E-state index is 13.3. The number of benzene rings is 2. The summed E-state index contributed by atoms with van der Waals surface area (Å²) >= 11 is 2.73. The second-order valence-corrected chi connectivity index (χ2v) is 7.89. The quantitative estimate of drug-likeness (QED) is 0.463. The lowest BCUT2D eigenvalue weighted by Crippen LogP contribution is -2.16. The minimum absolute atomic E-state index is 0.334. The van der Waals surface area contributed by atoms with E-state index < -0.39 is 0 Å². The molecule has 0 radical (unpaired) electrons. The Morgan fingerprint density at radius 3 is 2.62 bits per heavy atom. The van der Waals surface area contributed by atoms with Crippen LogP contribution in [0.4, 0.5) is 9.52 Å². The minimum atomic E-state index is -0.357. The molecule has 1 N–H and O–H groups in total. The zero-order valence-electron chi connectivity index (χ0n) is 15.4. The Hall–Kier alpha value is -3.04. The number of hydrogen-bond donors (Lipinski definition) is 1. The van der Waals surface area contributed by atoms with Crippen LogP contribution in [-0.2, 0) is 6.42 Å². The second-order valence-electron chi connectivity index (χ2n) is 6.06. The van der Waals surface area contributed by atoms with E-state index in [-0.39, 0.29) is 11.7 Å². The topological polar surface area (TPSA) is 72.7 Å². The molecule has 0 bridgehead atoms. The van der Waals surface area contributed by atoms with Crippen LogP contribution >= 0.6 is 23.1 Å². The summed E-state index contributed by atoms with van der Waals surface area (Å²) in [7, 11) is 0. The summed E-state index contributed by atoms with van der Waals surface area (Å²) in [5.74, 6) is -0.699. The van der Waals surface area contributed by atoms with E-state index in [0.717, 1.165) is 10.6 Å². The molecule has 0 saturated carbocycles. The highest BCUT2D eigenvalue weighted by Gasteiger charge is 2.19. The van der Waals surface area contributed by atoms with E-state index in [4.69, 9.17) is 0 Å². The number of halogens is 1. The third-order valence-corrected chi connectivity index (χ3v) is 5.61. The van der Waals surface area contributed by atoms with E-state index in [0.29, 0.717) is 28.1 Å². The molecule has 0 fully saturated rings. The molecule has 1 amide bonds. The van der Waals surface area contributed by atoms with Crippen LogP contribution in [-0.4, -0.2) is 31.9 Å². The highest BCUT2D eigenvalue weighted by molar-refractivity contribution is 7.98. The highest BCUT2D eigenvalue weighted by atomic mass is 32.2. The van der Waals surface area contributed by atoms with Crippen LogP contribution in [0.3, 0.4) is 0 Å². The van der Waals surface area contributed by atoms with Gasteiger partial charge in [0.1, 0.15) is 16.5 Å². The first-order valence-corrected chi connectivity index (χ1v) is 10.7. The van der Waals surface area contributed by atoms with E-state index >= 15 is 0 Å². The summed E-state index contributed by atoms with van der Waals surface area (Å²) in [6.45, 7) is 0. The monoisotopic (exact) mass is 425 g/mol. The number of carbonyl (C=O) groups excluding carboxylic acids is 1. The average molecular weight is 426 g/mol. The largest absolute Gasteiger partial charge is 0.295 e. The number of amides is 1. The van der Waals surface area contributed by atoms with Crippen LogP contribution < -0.4 is 5.32 Å². The fourth-order valence-electron chi connectivity index (χ4n) is 2.79. The Bertz CT molecular complexity index is 1130. The van der Waals surface area contributed by atoms with Crippen LogP contribution in [0, 0.1) is 5.82 Å². The van der Waals surface area contributed by atoms with Crippen molar-refractivity contribution in [1.82, 2.24) is 19.7 Å². The predicted octanol–water partition coefficient (Wildman–Crippen LogP) is 4.43. The molecule has 0 spiro atoms. The number of imidazole rings is 1. The molecule has 0 aliphatic carbocycles. The molecule has 9 heteroatoms. The first kappa shape index (κ1) is 19.3. The standard InChI is InChI=1S/C20H16FN5OS2/c1-28-20-22-12-16(26(20)15-9-7-14(21)8-10-15)18(27)23-19-25-24-17(29-19)11-13-5-3-2-4-6-13/h2-10,12H,11H2,1H3,(H,23,25,27). The number of thioether (sulfide) groups is 1. The number of carbonyl (C=O) groups is 1. The Balaban J connectivity index is 1.55. The number of aromatic nitrogens is 4. The Kier molecular flexibility index (Phi) is 5.68. The molecule has 0 aliphatic rings. The molecule has 4 aromatic rings. The lowest BCUT2D eigenvalue weighted by Gasteiger charge is -2.10. The van der Waals surface area contributed by atoms with E-state index in [1.807, 2.05) is 36.6 Å². The fraction of sp³-hybridized carbons (Fsp3) is 0.100. The van der Waals surface area contributed by atoms with Gasteiger partial charge in [0.05, 0.1) is 6.20 Å². The van der Waals surface area contributed by atoms with Crippen LogP contribution in [0.5, 0.6) is 0 Å². The molecule has 4 rings (SSSR count). The number of nitrogens with one attached hydrogen (secondary N) is 1. The summed E-state index contributed by atoms with van der Waals surface area (Å²) in [5, 5.41) is 12.9. The van der Waals surface area contributed by atoms with E-state index in [1.165, 1.54) is 41.4 Å². The molecule has 2 aromatic carbocycles. The molecule has 6 nitrogen and oxygen atoms in total. The van der Waals surface area contributed by atoms with E-state index in [2.05, 4.69) is 20.5 Å². The first-order chi connectivity index (χ1) is 14.1. The van der Waals surface area contributed by atoms with Crippen molar-refractivity contribution in [2.45, 2.75) is 11.6 Å². The minimum Gasteiger partial charge on any atom is -0.295 e. The maximum Gasteiger partial charge on any atom is 0.276 e. The van der Waals surface area contributed by atoms with Crippen molar-refractivity contribution in [3.05, 3.63) is 82.9 Å². The highest BCUT2D eigenvalue weighted by Crippen LogP contribution is 2.24. The van der Waals surface area contributed by atoms with Crippen molar-refractivity contribution in [3.8, 4) is 5.69 Å². The molecular formula is C20H16FN5OS2. The molecule has 146 valence electrons. The lowest BCUT2D eigenvalue weighted by atomic mass is 10.2. The van der Waals surface area contributed by atoms with Gasteiger partial charge < -0.3 is 0 Å². The summed E-state index contributed by atoms with van der Waals surface area (Å²) in [4.78, 5) is 17.2. The van der Waals surface area contributed by atoms with Gasteiger partial charge in [-0.05, 0) is 36.1 Å². The van der Waals surface area contributed by atoms with Crippen molar-refractivity contribution in [2.24, 2.45) is 0 Å². The van der Waals surface area contributed by atoms with Crippen molar-refractivity contribution in [1.29, 1.82) is 0 Å². The van der Waals surface area contributed by atoms with Gasteiger partial charge in [-0.2, -0.15) is 0 Å². The molecular weight excluding hydrogens is 409 g/mol. The van der Waals surface area contributed by atoms with Crippen LogP contribution in [0.2, 0.25) is 0 Å². The number of anilines is 1. The van der Waals surface area contributed by atoms with Crippen molar-refractivity contribution >= 4 is 34.1 Å². The Morgan fingerprint density at radius 1 is 1.14 bits per heavy atom. The first-order valence-electron chi connectivity index (χ1n) is 8.69. The van der Waals surface area contributed by atoms with Crippen LogP contribution in [0.1, 0.15) is 21.1 Å². The molecule has 2 aromatic heterocycles. The molecule has 0 atom stereocenters. The molecule has 0 aliphatic heterocycles. The Morgan fingerprint density at radius 2 is 1.90 bits per heavy atom. The van der Waals surface area contributed by atoms with Gasteiger partial charge in [0.15, 0.2) is 5.16 Å². The third-order valence-electron chi connectivity index (χ3n) is 4.11. The van der Waals surface area contributed by atoms with Crippen molar-refractivity contribution < 1.29 is 9.18 Å². The molecule has 0 saturated heterocycles. The van der Waals surface area contributed by atoms with Gasteiger partial charge in [-0.1, -0.05) is 53.4 Å². The zero-order valence-corrected chi connectivity index (χ0v) is 17.0. The Labute approximate surface area is 174 Å². The van der Waals surface area contributed by atoms with Crippen LogP contribution in [0.15, 0.2) is 66.0 Å². The second kappa shape index (κ2) is 8.54. The fourth-order valence-corrected chi connectivity index (χ4v) is 4.10. The van der Waals surface area contributed by atoms with Gasteiger partial charge in [0.25, 0.3) is 5.91 Å². The molecule has 0 unspecified atom stereocenters. The molecule has 29 heavy (non-hydrogen) atoms. The number of hydrogen-bond acceptors (Lipinski definition) is 6. The van der Waals surface area contributed by atoms with Gasteiger partial charge >= 0.3 is 0 Å². The lowest BCUT2D eigenvalue weighted by molar-refractivity contribution is 0.102. The van der Waals surface area contributed by atoms with Crippen molar-refractivity contribution in [2.75, 3.05) is 11.6 Å². The summed E-state index contributed by atoms with van der Waals surface area (Å²) < 4.78 is 15.0. The average Bonchev–Trinajstić information content (AvgIpc) is 3.36. The predicted molar refractivity (Wildman–Crippen MR) is 112 cm³/mol. The number of rotatable bonds is 6. The SMILES string of the molecule is CSc1ncc(C(=O)Nc2nnc(Cc3ccccc3)s2)n1-c1ccc(F)cc1. The van der Waals surface area contributed by atoms with E-state index in [1.54, 1.807) is 16.7 Å². The van der Waals surface area contributed by atoms with E-state index in [9.17, 15) is 9.18 Å². The van der Waals surface area contributed by atoms with Gasteiger partial charge in [0.2, 0.25) is 5.13 Å². The van der Waals surface area contributed by atoms with Gasteiger partial charge in [-0.25, -0.2) is 9.37 Å². The maximum absolute atomic E-state index is 13.3. The third kappa shape index (κ3) is 4.36. The van der Waals surface area contributed by atoms with Crippen molar-refractivity contribution in [3.63, 3.8) is 0 Å². The summed E-state index contributed by atoms with van der Waals surface area (Å²) in [6, 6.07) is 15.9. The van der Waals surface area contributed by atoms with Gasteiger partial charge in [0, 0.05) is 12.1 Å². The normalized spacial score (nSPS) is 10.8. The molecule has 2 heterocycles. The smallest absolute Gasteiger partial charge is 0.276 e. The summed E-state index contributed by atoms with van der Waals surface area (Å²) in [6.07, 6.45) is 4.01. The number of nitrogens with zero attached hydrogens (tertiary/aromatic N) is 4. The zero-order chi connectivity index (χ0) is 20.2. The van der Waals surface area contributed by atoms with Gasteiger partial charge in [-0.15, -0.1) is 10.2 Å². The van der Waals surface area contributed by atoms with Crippen LogP contribution in [0.25, 0.3) is 5.69 Å². The van der Waals surface area contributed by atoms with Gasteiger partial charge in [-0.3, -0.25) is 14.7 Å². The summed E-state index contributed by atoms with van der Waals surface area (Å²) in [5.41, 5.74) is 2.11.